The number of nitrogens with one attached hydrogen (secondary N) is 1. The molecule has 0 radical (unpaired) electrons. The molecule has 1 aromatic carbocycles. The molecule has 0 saturated carbocycles. The Bertz CT molecular complexity index is 1010. The number of carbonyl (C=O) groups is 1. The van der Waals surface area contributed by atoms with Crippen LogP contribution in [-0.4, -0.2) is 36.2 Å². The molecular formula is C17H15N5OS2. The van der Waals surface area contributed by atoms with Crippen LogP contribution in [0.3, 0.4) is 0 Å². The molecule has 0 aliphatic heterocycles. The van der Waals surface area contributed by atoms with Crippen LogP contribution in [0.25, 0.3) is 10.9 Å². The van der Waals surface area contributed by atoms with Crippen LogP contribution in [0.2, 0.25) is 0 Å². The van der Waals surface area contributed by atoms with Crippen LogP contribution in [0.15, 0.2) is 53.1 Å². The van der Waals surface area contributed by atoms with Gasteiger partial charge in [0.2, 0.25) is 5.16 Å². The summed E-state index contributed by atoms with van der Waals surface area (Å²) in [5, 5.41) is 15.2. The highest BCUT2D eigenvalue weighted by Crippen LogP contribution is 2.27. The maximum absolute atomic E-state index is 12.9. The lowest BCUT2D eigenvalue weighted by atomic mass is 10.1. The highest BCUT2D eigenvalue weighted by atomic mass is 32.2. The molecule has 0 aliphatic carbocycles. The third-order valence-corrected chi connectivity index (χ3v) is 5.82. The summed E-state index contributed by atoms with van der Waals surface area (Å²) in [6, 6.07) is 11.8. The van der Waals surface area contributed by atoms with Crippen LogP contribution in [0.4, 0.5) is 0 Å². The zero-order valence-corrected chi connectivity index (χ0v) is 15.0. The monoisotopic (exact) mass is 369 g/mol. The Hall–Kier alpha value is -2.45. The van der Waals surface area contributed by atoms with Crippen molar-refractivity contribution in [1.29, 1.82) is 0 Å². The number of ketones is 1. The Morgan fingerprint density at radius 1 is 1.32 bits per heavy atom. The molecule has 3 aromatic heterocycles. The van der Waals surface area contributed by atoms with E-state index < -0.39 is 0 Å². The minimum Gasteiger partial charge on any atom is -0.360 e. The van der Waals surface area contributed by atoms with Crippen LogP contribution in [0.5, 0.6) is 0 Å². The number of rotatable bonds is 6. The van der Waals surface area contributed by atoms with Gasteiger partial charge in [0.25, 0.3) is 0 Å². The number of Topliss-reactive ketones (excluding diaryl/α,β-unsaturated/α-hetero) is 1. The fourth-order valence-electron chi connectivity index (χ4n) is 2.64. The Labute approximate surface area is 152 Å². The first-order valence-corrected chi connectivity index (χ1v) is 9.54. The topological polar surface area (TPSA) is 76.5 Å². The van der Waals surface area contributed by atoms with E-state index in [2.05, 4.69) is 20.5 Å². The van der Waals surface area contributed by atoms with Crippen molar-refractivity contribution in [3.05, 3.63) is 58.4 Å². The van der Waals surface area contributed by atoms with E-state index in [-0.39, 0.29) is 11.0 Å². The molecule has 1 unspecified atom stereocenters. The smallest absolute Gasteiger partial charge is 0.210 e. The average molecular weight is 369 g/mol. The number of thioether (sulfide) groups is 1. The lowest BCUT2D eigenvalue weighted by molar-refractivity contribution is 0.0995. The molecule has 126 valence electrons. The lowest BCUT2D eigenvalue weighted by Crippen LogP contribution is -2.14. The van der Waals surface area contributed by atoms with Crippen molar-refractivity contribution in [2.24, 2.45) is 0 Å². The van der Waals surface area contributed by atoms with E-state index >= 15 is 0 Å². The summed E-state index contributed by atoms with van der Waals surface area (Å²) in [4.78, 5) is 17.2. The van der Waals surface area contributed by atoms with Gasteiger partial charge in [-0.15, -0.1) is 16.4 Å². The van der Waals surface area contributed by atoms with Gasteiger partial charge in [-0.2, -0.15) is 0 Å². The van der Waals surface area contributed by atoms with Crippen LogP contribution < -0.4 is 0 Å². The van der Waals surface area contributed by atoms with E-state index in [0.717, 1.165) is 10.9 Å². The standard InChI is InChI=1S/C17H15N5OS2/c1-11(16(23)14-9-18-15-7-3-2-6-13(14)15)25-17-19-20-21-22(17)10-12-5-4-8-24-12/h2-9,11,18H,10H2,1H3. The molecule has 0 spiro atoms. The van der Waals surface area contributed by atoms with Crippen LogP contribution in [-0.2, 0) is 6.54 Å². The highest BCUT2D eigenvalue weighted by Gasteiger charge is 2.22. The summed E-state index contributed by atoms with van der Waals surface area (Å²) >= 11 is 3.04. The first-order chi connectivity index (χ1) is 12.2. The number of thiophene rings is 1. The largest absolute Gasteiger partial charge is 0.360 e. The number of carbonyl (C=O) groups excluding carboxylic acids is 1. The zero-order valence-electron chi connectivity index (χ0n) is 13.4. The van der Waals surface area contributed by atoms with Crippen molar-refractivity contribution in [1.82, 2.24) is 25.2 Å². The number of para-hydroxylation sites is 1. The van der Waals surface area contributed by atoms with E-state index in [1.807, 2.05) is 48.7 Å². The number of H-pyrrole nitrogens is 1. The summed E-state index contributed by atoms with van der Waals surface area (Å²) in [5.41, 5.74) is 1.67. The van der Waals surface area contributed by atoms with Gasteiger partial charge in [0.05, 0.1) is 11.8 Å². The Morgan fingerprint density at radius 2 is 2.20 bits per heavy atom. The predicted octanol–water partition coefficient (Wildman–Crippen LogP) is 3.63. The van der Waals surface area contributed by atoms with Crippen molar-refractivity contribution >= 4 is 39.8 Å². The maximum Gasteiger partial charge on any atom is 0.210 e. The second-order valence-electron chi connectivity index (χ2n) is 5.57. The number of hydrogen-bond donors (Lipinski definition) is 1. The first kappa shape index (κ1) is 16.0. The van der Waals surface area contributed by atoms with E-state index in [9.17, 15) is 4.79 Å². The number of tetrazole rings is 1. The van der Waals surface area contributed by atoms with Crippen molar-refractivity contribution in [2.45, 2.75) is 23.9 Å². The van der Waals surface area contributed by atoms with Crippen molar-refractivity contribution in [3.63, 3.8) is 0 Å². The Balaban J connectivity index is 1.53. The highest BCUT2D eigenvalue weighted by molar-refractivity contribution is 8.00. The summed E-state index contributed by atoms with van der Waals surface area (Å²) in [5.74, 6) is 0.0631. The Kier molecular flexibility index (Phi) is 4.37. The molecule has 1 atom stereocenters. The van der Waals surface area contributed by atoms with Gasteiger partial charge >= 0.3 is 0 Å². The molecule has 0 aliphatic rings. The Morgan fingerprint density at radius 3 is 3.04 bits per heavy atom. The van der Waals surface area contributed by atoms with Gasteiger partial charge in [-0.1, -0.05) is 36.0 Å². The molecule has 0 fully saturated rings. The summed E-state index contributed by atoms with van der Waals surface area (Å²) in [6.07, 6.45) is 1.78. The van der Waals surface area contributed by atoms with Gasteiger partial charge in [0.1, 0.15) is 0 Å². The molecule has 1 N–H and O–H groups in total. The van der Waals surface area contributed by atoms with Crippen molar-refractivity contribution in [2.75, 3.05) is 0 Å². The third kappa shape index (κ3) is 3.22. The molecule has 0 saturated heterocycles. The SMILES string of the molecule is CC(Sc1nnnn1Cc1cccs1)C(=O)c1c[nH]c2ccccc12. The number of aromatic amines is 1. The predicted molar refractivity (Wildman–Crippen MR) is 99.2 cm³/mol. The summed E-state index contributed by atoms with van der Waals surface area (Å²) in [7, 11) is 0. The molecule has 4 rings (SSSR count). The second-order valence-corrected chi connectivity index (χ2v) is 7.91. The van der Waals surface area contributed by atoms with Crippen LogP contribution in [0.1, 0.15) is 22.2 Å². The number of nitrogens with zero attached hydrogens (tertiary/aromatic N) is 4. The molecule has 3 heterocycles. The summed E-state index contributed by atoms with van der Waals surface area (Å²) in [6.45, 7) is 2.50. The fourth-order valence-corrected chi connectivity index (χ4v) is 4.18. The maximum atomic E-state index is 12.9. The van der Waals surface area contributed by atoms with Gasteiger partial charge in [-0.25, -0.2) is 4.68 Å². The molecule has 6 nitrogen and oxygen atoms in total. The van der Waals surface area contributed by atoms with Crippen molar-refractivity contribution in [3.8, 4) is 0 Å². The number of benzene rings is 1. The quantitative estimate of drug-likeness (QED) is 0.415. The number of fused-ring (bicyclic) bond motifs is 1. The number of aromatic nitrogens is 5. The summed E-state index contributed by atoms with van der Waals surface area (Å²) < 4.78 is 1.73. The van der Waals surface area contributed by atoms with E-state index in [0.29, 0.717) is 17.3 Å². The molecule has 25 heavy (non-hydrogen) atoms. The van der Waals surface area contributed by atoms with E-state index in [4.69, 9.17) is 0 Å². The van der Waals surface area contributed by atoms with Crippen molar-refractivity contribution < 1.29 is 4.79 Å². The molecule has 4 aromatic rings. The molecular weight excluding hydrogens is 354 g/mol. The number of hydrogen-bond acceptors (Lipinski definition) is 6. The first-order valence-electron chi connectivity index (χ1n) is 7.78. The van der Waals surface area contributed by atoms with Gasteiger partial charge in [0.15, 0.2) is 5.78 Å². The van der Waals surface area contributed by atoms with E-state index in [1.165, 1.54) is 16.6 Å². The van der Waals surface area contributed by atoms with Gasteiger partial charge in [-0.05, 0) is 34.9 Å². The van der Waals surface area contributed by atoms with E-state index in [1.54, 1.807) is 22.2 Å². The molecule has 0 bridgehead atoms. The molecule has 0 amide bonds. The second kappa shape index (κ2) is 6.81. The molecule has 8 heteroatoms. The lowest BCUT2D eigenvalue weighted by Gasteiger charge is -2.09. The van der Waals surface area contributed by atoms with Crippen LogP contribution in [0, 0.1) is 0 Å². The normalized spacial score (nSPS) is 12.5. The van der Waals surface area contributed by atoms with Crippen LogP contribution >= 0.6 is 23.1 Å². The third-order valence-electron chi connectivity index (χ3n) is 3.89. The zero-order chi connectivity index (χ0) is 17.2. The minimum atomic E-state index is -0.285. The average Bonchev–Trinajstić information content (AvgIpc) is 3.36. The van der Waals surface area contributed by atoms with Gasteiger partial charge in [-0.3, -0.25) is 4.79 Å². The van der Waals surface area contributed by atoms with Gasteiger partial charge in [0, 0.05) is 27.5 Å². The minimum absolute atomic E-state index is 0.0631. The van der Waals surface area contributed by atoms with Gasteiger partial charge < -0.3 is 4.98 Å². The fraction of sp³-hybridized carbons (Fsp3) is 0.176.